The van der Waals surface area contributed by atoms with Gasteiger partial charge in [-0.1, -0.05) is 11.6 Å². The molecule has 0 saturated carbocycles. The van der Waals surface area contributed by atoms with Gasteiger partial charge in [-0.25, -0.2) is 0 Å². The second-order valence-corrected chi connectivity index (χ2v) is 8.06. The van der Waals surface area contributed by atoms with Crippen molar-refractivity contribution in [3.05, 3.63) is 50.7 Å². The minimum absolute atomic E-state index is 0.00542. The minimum atomic E-state index is -4.60. The molecule has 0 saturated heterocycles. The number of carbonyl (C=O) groups is 1. The monoisotopic (exact) mass is 404 g/mol. The molecular formula is C18H20ClF3N2OS. The zero-order chi connectivity index (χ0) is 19.5. The molecule has 26 heavy (non-hydrogen) atoms. The number of rotatable bonds is 6. The number of benzene rings is 1. The molecule has 1 N–H and O–H groups in total. The van der Waals surface area contributed by atoms with E-state index < -0.39 is 17.6 Å². The van der Waals surface area contributed by atoms with Crippen LogP contribution < -0.4 is 5.32 Å². The van der Waals surface area contributed by atoms with Gasteiger partial charge in [-0.05, 0) is 51.1 Å². The molecule has 2 rings (SSSR count). The van der Waals surface area contributed by atoms with Crippen molar-refractivity contribution in [1.82, 2.24) is 4.90 Å². The number of alkyl halides is 3. The molecule has 2 aromatic rings. The lowest BCUT2D eigenvalue weighted by atomic mass is 10.1. The van der Waals surface area contributed by atoms with Crippen molar-refractivity contribution < 1.29 is 18.0 Å². The lowest BCUT2D eigenvalue weighted by molar-refractivity contribution is -0.137. The van der Waals surface area contributed by atoms with E-state index in [0.29, 0.717) is 6.54 Å². The van der Waals surface area contributed by atoms with Crippen LogP contribution in [0.4, 0.5) is 18.9 Å². The molecular weight excluding hydrogens is 385 g/mol. The summed E-state index contributed by atoms with van der Waals surface area (Å²) in [7, 11) is 0. The zero-order valence-corrected chi connectivity index (χ0v) is 16.2. The number of anilines is 1. The van der Waals surface area contributed by atoms with Crippen LogP contribution in [0.1, 0.15) is 29.2 Å². The van der Waals surface area contributed by atoms with Crippen LogP contribution in [0, 0.1) is 6.92 Å². The minimum Gasteiger partial charge on any atom is -0.324 e. The Bertz CT molecular complexity index is 774. The van der Waals surface area contributed by atoms with E-state index >= 15 is 0 Å². The molecule has 0 aliphatic carbocycles. The smallest absolute Gasteiger partial charge is 0.324 e. The molecule has 0 unspecified atom stereocenters. The quantitative estimate of drug-likeness (QED) is 0.681. The van der Waals surface area contributed by atoms with Gasteiger partial charge in [0.2, 0.25) is 5.91 Å². The molecule has 0 radical (unpaired) electrons. The van der Waals surface area contributed by atoms with Crippen molar-refractivity contribution in [2.24, 2.45) is 0 Å². The molecule has 1 aromatic carbocycles. The number of halogens is 4. The fourth-order valence-corrected chi connectivity index (χ4v) is 3.51. The molecule has 0 atom stereocenters. The summed E-state index contributed by atoms with van der Waals surface area (Å²) in [5.74, 6) is -0.500. The normalized spacial score (nSPS) is 12.0. The van der Waals surface area contributed by atoms with Crippen molar-refractivity contribution in [1.29, 1.82) is 0 Å². The average molecular weight is 405 g/mol. The van der Waals surface area contributed by atoms with Gasteiger partial charge in [0.25, 0.3) is 0 Å². The zero-order valence-electron chi connectivity index (χ0n) is 14.7. The Hall–Kier alpha value is -1.57. The van der Waals surface area contributed by atoms with Gasteiger partial charge < -0.3 is 5.32 Å². The molecule has 1 aromatic heterocycles. The second-order valence-electron chi connectivity index (χ2n) is 6.25. The lowest BCUT2D eigenvalue weighted by Crippen LogP contribution is -2.37. The number of amides is 1. The van der Waals surface area contributed by atoms with Crippen LogP contribution in [-0.2, 0) is 17.5 Å². The standard InChI is InChI=1S/C18H20ClF3N2OS/c1-11(2)24(9-14-6-4-12(3)26-14)10-17(25)23-16-7-5-13(19)8-15(16)18(20,21)22/h4-8,11H,9-10H2,1-3H3,(H,23,25). The predicted octanol–water partition coefficient (Wildman–Crippen LogP) is 5.58. The Labute approximate surface area is 159 Å². The van der Waals surface area contributed by atoms with Gasteiger partial charge in [0.05, 0.1) is 17.8 Å². The van der Waals surface area contributed by atoms with Gasteiger partial charge in [-0.15, -0.1) is 11.3 Å². The maximum atomic E-state index is 13.1. The predicted molar refractivity (Wildman–Crippen MR) is 99.7 cm³/mol. The third-order valence-corrected chi connectivity index (χ3v) is 5.01. The van der Waals surface area contributed by atoms with Crippen molar-refractivity contribution >= 4 is 34.5 Å². The van der Waals surface area contributed by atoms with Crippen molar-refractivity contribution in [2.45, 2.75) is 39.5 Å². The van der Waals surface area contributed by atoms with Gasteiger partial charge in [-0.3, -0.25) is 9.69 Å². The van der Waals surface area contributed by atoms with Gasteiger partial charge in [0, 0.05) is 27.4 Å². The Morgan fingerprint density at radius 2 is 1.96 bits per heavy atom. The Morgan fingerprint density at radius 1 is 1.27 bits per heavy atom. The summed E-state index contributed by atoms with van der Waals surface area (Å²) in [4.78, 5) is 16.5. The van der Waals surface area contributed by atoms with Gasteiger partial charge in [0.1, 0.15) is 0 Å². The van der Waals surface area contributed by atoms with Crippen LogP contribution in [0.2, 0.25) is 5.02 Å². The lowest BCUT2D eigenvalue weighted by Gasteiger charge is -2.25. The number of nitrogens with one attached hydrogen (secondary N) is 1. The summed E-state index contributed by atoms with van der Waals surface area (Å²) < 4.78 is 39.4. The summed E-state index contributed by atoms with van der Waals surface area (Å²) in [5, 5.41) is 2.33. The number of hydrogen-bond donors (Lipinski definition) is 1. The Balaban J connectivity index is 2.11. The van der Waals surface area contributed by atoms with Crippen molar-refractivity contribution in [2.75, 3.05) is 11.9 Å². The first kappa shape index (κ1) is 20.7. The first-order valence-corrected chi connectivity index (χ1v) is 9.21. The summed E-state index contributed by atoms with van der Waals surface area (Å²) in [6, 6.07) is 7.37. The summed E-state index contributed by atoms with van der Waals surface area (Å²) in [6.07, 6.45) is -4.60. The number of carbonyl (C=O) groups excluding carboxylic acids is 1. The summed E-state index contributed by atoms with van der Waals surface area (Å²) in [6.45, 7) is 6.44. The molecule has 0 aliphatic rings. The first-order valence-electron chi connectivity index (χ1n) is 8.02. The van der Waals surface area contributed by atoms with Crippen LogP contribution >= 0.6 is 22.9 Å². The van der Waals surface area contributed by atoms with E-state index in [1.807, 2.05) is 37.8 Å². The number of hydrogen-bond acceptors (Lipinski definition) is 3. The van der Waals surface area contributed by atoms with E-state index in [1.54, 1.807) is 11.3 Å². The third-order valence-electron chi connectivity index (χ3n) is 3.79. The topological polar surface area (TPSA) is 32.3 Å². The van der Waals surface area contributed by atoms with Crippen LogP contribution in [-0.4, -0.2) is 23.4 Å². The molecule has 3 nitrogen and oxygen atoms in total. The molecule has 0 aliphatic heterocycles. The van der Waals surface area contributed by atoms with Crippen molar-refractivity contribution in [3.8, 4) is 0 Å². The van der Waals surface area contributed by atoms with E-state index in [4.69, 9.17) is 11.6 Å². The number of aryl methyl sites for hydroxylation is 1. The van der Waals surface area contributed by atoms with Crippen LogP contribution in [0.5, 0.6) is 0 Å². The Kier molecular flexibility index (Phi) is 6.71. The van der Waals surface area contributed by atoms with Gasteiger partial charge >= 0.3 is 6.18 Å². The molecule has 0 bridgehead atoms. The summed E-state index contributed by atoms with van der Waals surface area (Å²) in [5.41, 5.74) is -1.24. The SMILES string of the molecule is Cc1ccc(CN(CC(=O)Nc2ccc(Cl)cc2C(F)(F)F)C(C)C)s1. The maximum Gasteiger partial charge on any atom is 0.418 e. The highest BCUT2D eigenvalue weighted by Crippen LogP contribution is 2.36. The fourth-order valence-electron chi connectivity index (χ4n) is 2.43. The Morgan fingerprint density at radius 3 is 2.50 bits per heavy atom. The van der Waals surface area contributed by atoms with Gasteiger partial charge in [-0.2, -0.15) is 13.2 Å². The van der Waals surface area contributed by atoms with E-state index in [-0.39, 0.29) is 23.3 Å². The largest absolute Gasteiger partial charge is 0.418 e. The van der Waals surface area contributed by atoms with Crippen LogP contribution in [0.25, 0.3) is 0 Å². The van der Waals surface area contributed by atoms with E-state index in [9.17, 15) is 18.0 Å². The van der Waals surface area contributed by atoms with Gasteiger partial charge in [0.15, 0.2) is 0 Å². The highest BCUT2D eigenvalue weighted by molar-refractivity contribution is 7.11. The van der Waals surface area contributed by atoms with E-state index in [1.165, 1.54) is 17.0 Å². The third kappa shape index (κ3) is 5.72. The average Bonchev–Trinajstić information content (AvgIpc) is 2.92. The number of nitrogens with zero attached hydrogens (tertiary/aromatic N) is 1. The second kappa shape index (κ2) is 8.41. The van der Waals surface area contributed by atoms with Crippen LogP contribution in [0.15, 0.2) is 30.3 Å². The maximum absolute atomic E-state index is 13.1. The van der Waals surface area contributed by atoms with Crippen LogP contribution in [0.3, 0.4) is 0 Å². The fraction of sp³-hybridized carbons (Fsp3) is 0.389. The molecule has 0 fully saturated rings. The highest BCUT2D eigenvalue weighted by Gasteiger charge is 2.34. The summed E-state index contributed by atoms with van der Waals surface area (Å²) >= 11 is 7.29. The molecule has 1 amide bonds. The highest BCUT2D eigenvalue weighted by atomic mass is 35.5. The van der Waals surface area contributed by atoms with E-state index in [2.05, 4.69) is 5.32 Å². The number of thiophene rings is 1. The first-order chi connectivity index (χ1) is 12.1. The molecule has 1 heterocycles. The molecule has 142 valence electrons. The molecule has 8 heteroatoms. The van der Waals surface area contributed by atoms with Crippen molar-refractivity contribution in [3.63, 3.8) is 0 Å². The van der Waals surface area contributed by atoms with E-state index in [0.717, 1.165) is 10.9 Å². The molecule has 0 spiro atoms.